The minimum Gasteiger partial charge on any atom is -0.481 e. The van der Waals surface area contributed by atoms with Gasteiger partial charge in [0.15, 0.2) is 11.6 Å². The molecule has 3 nitrogen and oxygen atoms in total. The molecule has 0 saturated heterocycles. The standard InChI is InChI=1S/C13H13ClF2O3/c14-9-5-11(16)10(15)4-8(9)12(17)6-2-1-3-7(6)13(18)19/h4-7,12,17H,1-3H2,(H,18,19). The van der Waals surface area contributed by atoms with Crippen LogP contribution in [-0.2, 0) is 4.79 Å². The molecule has 0 radical (unpaired) electrons. The van der Waals surface area contributed by atoms with Gasteiger partial charge < -0.3 is 10.2 Å². The molecule has 2 rings (SSSR count). The lowest BCUT2D eigenvalue weighted by Gasteiger charge is -2.23. The molecule has 1 aliphatic carbocycles. The third-order valence-electron chi connectivity index (χ3n) is 3.65. The summed E-state index contributed by atoms with van der Waals surface area (Å²) in [6.45, 7) is 0. The van der Waals surface area contributed by atoms with Crippen molar-refractivity contribution < 1.29 is 23.8 Å². The molecule has 0 heterocycles. The number of halogens is 3. The third kappa shape index (κ3) is 2.72. The molecule has 1 saturated carbocycles. The van der Waals surface area contributed by atoms with Crippen LogP contribution in [0, 0.1) is 23.5 Å². The van der Waals surface area contributed by atoms with Crippen molar-refractivity contribution in [3.05, 3.63) is 34.4 Å². The number of benzene rings is 1. The van der Waals surface area contributed by atoms with Crippen LogP contribution < -0.4 is 0 Å². The number of carboxylic acids is 1. The van der Waals surface area contributed by atoms with Crippen LogP contribution in [0.15, 0.2) is 12.1 Å². The van der Waals surface area contributed by atoms with Crippen molar-refractivity contribution in [1.82, 2.24) is 0 Å². The van der Waals surface area contributed by atoms with Crippen molar-refractivity contribution in [1.29, 1.82) is 0 Å². The smallest absolute Gasteiger partial charge is 0.306 e. The molecule has 0 aromatic heterocycles. The monoisotopic (exact) mass is 290 g/mol. The highest BCUT2D eigenvalue weighted by molar-refractivity contribution is 6.31. The van der Waals surface area contributed by atoms with Crippen molar-refractivity contribution in [3.8, 4) is 0 Å². The summed E-state index contributed by atoms with van der Waals surface area (Å²) in [6.07, 6.45) is 0.470. The van der Waals surface area contributed by atoms with E-state index in [1.165, 1.54) is 0 Å². The Morgan fingerprint density at radius 2 is 1.95 bits per heavy atom. The summed E-state index contributed by atoms with van der Waals surface area (Å²) in [6, 6.07) is 1.62. The predicted molar refractivity (Wildman–Crippen MR) is 64.8 cm³/mol. The van der Waals surface area contributed by atoms with Crippen LogP contribution >= 0.6 is 11.6 Å². The molecule has 0 spiro atoms. The Bertz CT molecular complexity index is 507. The topological polar surface area (TPSA) is 57.5 Å². The summed E-state index contributed by atoms with van der Waals surface area (Å²) in [5.41, 5.74) is 0.0405. The van der Waals surface area contributed by atoms with Gasteiger partial charge in [0.1, 0.15) is 0 Å². The van der Waals surface area contributed by atoms with Gasteiger partial charge in [-0.2, -0.15) is 0 Å². The number of hydrogen-bond acceptors (Lipinski definition) is 2. The number of hydrogen-bond donors (Lipinski definition) is 2. The molecule has 2 N–H and O–H groups in total. The molecular formula is C13H13ClF2O3. The number of rotatable bonds is 3. The van der Waals surface area contributed by atoms with Gasteiger partial charge in [-0.3, -0.25) is 4.79 Å². The number of aliphatic carboxylic acids is 1. The van der Waals surface area contributed by atoms with Crippen LogP contribution in [0.25, 0.3) is 0 Å². The Hall–Kier alpha value is -1.20. The first-order valence-electron chi connectivity index (χ1n) is 5.97. The van der Waals surface area contributed by atoms with Gasteiger partial charge in [-0.15, -0.1) is 0 Å². The molecule has 0 aliphatic heterocycles. The lowest BCUT2D eigenvalue weighted by Crippen LogP contribution is -2.24. The van der Waals surface area contributed by atoms with E-state index in [9.17, 15) is 18.7 Å². The summed E-state index contributed by atoms with van der Waals surface area (Å²) in [5.74, 6) is -4.40. The second kappa shape index (κ2) is 5.43. The van der Waals surface area contributed by atoms with Crippen LogP contribution in [0.2, 0.25) is 5.02 Å². The van der Waals surface area contributed by atoms with Crippen LogP contribution in [0.3, 0.4) is 0 Å². The number of carbonyl (C=O) groups is 1. The minimum atomic E-state index is -1.20. The molecule has 6 heteroatoms. The number of carboxylic acid groups (broad SMARTS) is 1. The average Bonchev–Trinajstić information content (AvgIpc) is 2.82. The first-order chi connectivity index (χ1) is 8.91. The van der Waals surface area contributed by atoms with E-state index in [0.717, 1.165) is 12.1 Å². The van der Waals surface area contributed by atoms with E-state index >= 15 is 0 Å². The van der Waals surface area contributed by atoms with Crippen LogP contribution in [0.5, 0.6) is 0 Å². The van der Waals surface area contributed by atoms with E-state index in [0.29, 0.717) is 19.3 Å². The zero-order valence-electron chi connectivity index (χ0n) is 9.94. The first kappa shape index (κ1) is 14.2. The Kier molecular flexibility index (Phi) is 4.06. The Labute approximate surface area is 113 Å². The van der Waals surface area contributed by atoms with Gasteiger partial charge in [-0.05, 0) is 25.0 Å². The van der Waals surface area contributed by atoms with Crippen molar-refractivity contribution in [2.24, 2.45) is 11.8 Å². The fourth-order valence-electron chi connectivity index (χ4n) is 2.67. The van der Waals surface area contributed by atoms with E-state index in [1.807, 2.05) is 0 Å². The highest BCUT2D eigenvalue weighted by atomic mass is 35.5. The van der Waals surface area contributed by atoms with Gasteiger partial charge >= 0.3 is 5.97 Å². The summed E-state index contributed by atoms with van der Waals surface area (Å²) in [7, 11) is 0. The molecule has 0 amide bonds. The summed E-state index contributed by atoms with van der Waals surface area (Å²) in [5, 5.41) is 19.2. The molecule has 19 heavy (non-hydrogen) atoms. The molecule has 3 atom stereocenters. The Morgan fingerprint density at radius 1 is 1.32 bits per heavy atom. The highest BCUT2D eigenvalue weighted by Gasteiger charge is 2.38. The second-order valence-electron chi connectivity index (χ2n) is 4.77. The molecule has 104 valence electrons. The summed E-state index contributed by atoms with van der Waals surface area (Å²) in [4.78, 5) is 11.1. The van der Waals surface area contributed by atoms with E-state index in [1.54, 1.807) is 0 Å². The van der Waals surface area contributed by atoms with Gasteiger partial charge in [0.05, 0.1) is 12.0 Å². The molecule has 3 unspecified atom stereocenters. The van der Waals surface area contributed by atoms with E-state index < -0.39 is 35.5 Å². The van der Waals surface area contributed by atoms with Gasteiger partial charge in [0, 0.05) is 16.5 Å². The zero-order chi connectivity index (χ0) is 14.2. The largest absolute Gasteiger partial charge is 0.481 e. The molecule has 0 bridgehead atoms. The first-order valence-corrected chi connectivity index (χ1v) is 6.35. The Morgan fingerprint density at radius 3 is 2.58 bits per heavy atom. The maximum atomic E-state index is 13.2. The van der Waals surface area contributed by atoms with Gasteiger partial charge in [-0.1, -0.05) is 18.0 Å². The van der Waals surface area contributed by atoms with E-state index in [2.05, 4.69) is 0 Å². The van der Waals surface area contributed by atoms with Crippen LogP contribution in [0.1, 0.15) is 30.9 Å². The Balaban J connectivity index is 2.31. The number of aliphatic hydroxyl groups excluding tert-OH is 1. The van der Waals surface area contributed by atoms with Gasteiger partial charge in [0.25, 0.3) is 0 Å². The average molecular weight is 291 g/mol. The quantitative estimate of drug-likeness (QED) is 0.841. The van der Waals surface area contributed by atoms with E-state index in [4.69, 9.17) is 16.7 Å². The summed E-state index contributed by atoms with van der Waals surface area (Å²) < 4.78 is 26.2. The summed E-state index contributed by atoms with van der Waals surface area (Å²) >= 11 is 5.79. The SMILES string of the molecule is O=C(O)C1CCCC1C(O)c1cc(F)c(F)cc1Cl. The third-order valence-corrected chi connectivity index (χ3v) is 3.98. The normalized spacial score (nSPS) is 24.4. The van der Waals surface area contributed by atoms with Gasteiger partial charge in [0.2, 0.25) is 0 Å². The molecule has 1 aromatic rings. The van der Waals surface area contributed by atoms with E-state index in [-0.39, 0.29) is 10.6 Å². The second-order valence-corrected chi connectivity index (χ2v) is 5.18. The van der Waals surface area contributed by atoms with Gasteiger partial charge in [-0.25, -0.2) is 8.78 Å². The van der Waals surface area contributed by atoms with Crippen molar-refractivity contribution in [2.75, 3.05) is 0 Å². The molecular weight excluding hydrogens is 278 g/mol. The molecule has 1 aromatic carbocycles. The predicted octanol–water partition coefficient (Wildman–Crippen LogP) is 3.15. The fraction of sp³-hybridized carbons (Fsp3) is 0.462. The van der Waals surface area contributed by atoms with Crippen LogP contribution in [-0.4, -0.2) is 16.2 Å². The zero-order valence-corrected chi connectivity index (χ0v) is 10.7. The van der Waals surface area contributed by atoms with Crippen molar-refractivity contribution in [2.45, 2.75) is 25.4 Å². The highest BCUT2D eigenvalue weighted by Crippen LogP contribution is 2.42. The minimum absolute atomic E-state index is 0.0405. The number of aliphatic hydroxyl groups is 1. The van der Waals surface area contributed by atoms with Crippen molar-refractivity contribution >= 4 is 17.6 Å². The lowest BCUT2D eigenvalue weighted by molar-refractivity contribution is -0.144. The lowest BCUT2D eigenvalue weighted by atomic mass is 9.87. The fourth-order valence-corrected chi connectivity index (χ4v) is 2.93. The van der Waals surface area contributed by atoms with Crippen molar-refractivity contribution in [3.63, 3.8) is 0 Å². The maximum absolute atomic E-state index is 13.2. The maximum Gasteiger partial charge on any atom is 0.306 e. The molecule has 1 aliphatic rings. The van der Waals surface area contributed by atoms with Crippen LogP contribution in [0.4, 0.5) is 8.78 Å². The molecule has 1 fully saturated rings.